The van der Waals surface area contributed by atoms with Gasteiger partial charge in [-0.2, -0.15) is 0 Å². The minimum Gasteiger partial charge on any atom is -0.358 e. The number of carbonyl (C=O) groups is 1. The second-order valence-electron chi connectivity index (χ2n) is 4.87. The standard InChI is InChI=1S/C11H14N4O5/c1-11(2,15(19)20)5-8(7-16)4-9-12-6-10(13(9)3)14(17)18/h4,6-7H,5H2,1-3H3/b8-4+. The molecule has 0 spiro atoms. The Morgan fingerprint density at radius 1 is 1.45 bits per heavy atom. The lowest BCUT2D eigenvalue weighted by molar-refractivity contribution is -0.559. The summed E-state index contributed by atoms with van der Waals surface area (Å²) < 4.78 is 1.20. The van der Waals surface area contributed by atoms with E-state index in [2.05, 4.69) is 4.98 Å². The van der Waals surface area contributed by atoms with E-state index in [4.69, 9.17) is 0 Å². The molecule has 9 heteroatoms. The third-order valence-corrected chi connectivity index (χ3v) is 2.78. The Balaban J connectivity index is 3.10. The average Bonchev–Trinajstić information content (AvgIpc) is 2.69. The molecule has 1 aromatic rings. The van der Waals surface area contributed by atoms with Crippen LogP contribution in [0.4, 0.5) is 5.82 Å². The highest BCUT2D eigenvalue weighted by Gasteiger charge is 2.32. The van der Waals surface area contributed by atoms with Crippen molar-refractivity contribution in [2.45, 2.75) is 25.8 Å². The van der Waals surface area contributed by atoms with Crippen LogP contribution in [-0.4, -0.2) is 31.2 Å². The van der Waals surface area contributed by atoms with Gasteiger partial charge in [-0.05, 0) is 4.92 Å². The summed E-state index contributed by atoms with van der Waals surface area (Å²) in [7, 11) is 1.43. The second-order valence-corrected chi connectivity index (χ2v) is 4.87. The van der Waals surface area contributed by atoms with Crippen molar-refractivity contribution in [1.82, 2.24) is 9.55 Å². The van der Waals surface area contributed by atoms with Gasteiger partial charge in [0.05, 0.1) is 7.05 Å². The van der Waals surface area contributed by atoms with Crippen LogP contribution in [0.15, 0.2) is 11.8 Å². The van der Waals surface area contributed by atoms with Gasteiger partial charge in [0, 0.05) is 36.8 Å². The van der Waals surface area contributed by atoms with E-state index in [1.807, 2.05) is 0 Å². The fourth-order valence-corrected chi connectivity index (χ4v) is 1.57. The molecule has 0 fully saturated rings. The number of hydrogen-bond donors (Lipinski definition) is 0. The van der Waals surface area contributed by atoms with E-state index >= 15 is 0 Å². The summed E-state index contributed by atoms with van der Waals surface area (Å²) in [6, 6.07) is 0. The number of nitrogens with zero attached hydrogens (tertiary/aromatic N) is 4. The van der Waals surface area contributed by atoms with E-state index in [1.165, 1.54) is 31.5 Å². The largest absolute Gasteiger partial charge is 0.358 e. The van der Waals surface area contributed by atoms with E-state index < -0.39 is 15.4 Å². The Labute approximate surface area is 114 Å². The third-order valence-electron chi connectivity index (χ3n) is 2.78. The van der Waals surface area contributed by atoms with Crippen molar-refractivity contribution in [3.8, 4) is 0 Å². The molecule has 0 saturated carbocycles. The average molecular weight is 282 g/mol. The van der Waals surface area contributed by atoms with Gasteiger partial charge in [0.25, 0.3) is 0 Å². The monoisotopic (exact) mass is 282 g/mol. The van der Waals surface area contributed by atoms with Crippen molar-refractivity contribution in [2.24, 2.45) is 7.05 Å². The summed E-state index contributed by atoms with van der Waals surface area (Å²) in [5.74, 6) is -0.0343. The maximum absolute atomic E-state index is 11.0. The van der Waals surface area contributed by atoms with Crippen LogP contribution in [-0.2, 0) is 11.8 Å². The topological polar surface area (TPSA) is 121 Å². The highest BCUT2D eigenvalue weighted by atomic mass is 16.6. The maximum atomic E-state index is 11.0. The Morgan fingerprint density at radius 2 is 2.05 bits per heavy atom. The molecule has 108 valence electrons. The minimum atomic E-state index is -1.30. The molecule has 1 rings (SSSR count). The van der Waals surface area contributed by atoms with Gasteiger partial charge in [-0.15, -0.1) is 0 Å². The van der Waals surface area contributed by atoms with Gasteiger partial charge in [-0.3, -0.25) is 14.9 Å². The Hall–Kier alpha value is -2.58. The minimum absolute atomic E-state index is 0.0931. The molecule has 0 radical (unpaired) electrons. The van der Waals surface area contributed by atoms with Crippen LogP contribution in [0.25, 0.3) is 6.08 Å². The first-order chi connectivity index (χ1) is 9.19. The van der Waals surface area contributed by atoms with Crippen LogP contribution in [0, 0.1) is 20.2 Å². The first-order valence-corrected chi connectivity index (χ1v) is 5.65. The molecule has 1 heterocycles. The highest BCUT2D eigenvalue weighted by Crippen LogP contribution is 2.21. The molecule has 20 heavy (non-hydrogen) atoms. The van der Waals surface area contributed by atoms with E-state index in [-0.39, 0.29) is 23.6 Å². The Bertz CT molecular complexity index is 588. The van der Waals surface area contributed by atoms with Gasteiger partial charge in [0.2, 0.25) is 11.4 Å². The lowest BCUT2D eigenvalue weighted by atomic mass is 9.96. The van der Waals surface area contributed by atoms with Gasteiger partial charge in [-0.1, -0.05) is 0 Å². The molecular weight excluding hydrogens is 268 g/mol. The Morgan fingerprint density at radius 3 is 2.45 bits per heavy atom. The molecule has 0 aliphatic rings. The zero-order chi connectivity index (χ0) is 15.5. The maximum Gasteiger partial charge on any atom is 0.342 e. The number of carbonyl (C=O) groups excluding carboxylic acids is 1. The molecule has 0 aliphatic heterocycles. The van der Waals surface area contributed by atoms with E-state index in [9.17, 15) is 25.0 Å². The summed E-state index contributed by atoms with van der Waals surface area (Å²) >= 11 is 0. The van der Waals surface area contributed by atoms with Crippen LogP contribution >= 0.6 is 0 Å². The zero-order valence-electron chi connectivity index (χ0n) is 11.3. The van der Waals surface area contributed by atoms with E-state index in [0.29, 0.717) is 6.29 Å². The van der Waals surface area contributed by atoms with Crippen LogP contribution in [0.1, 0.15) is 26.1 Å². The number of aldehydes is 1. The summed E-state index contributed by atoms with van der Waals surface area (Å²) in [6.45, 7) is 2.79. The van der Waals surface area contributed by atoms with Gasteiger partial charge in [0.1, 0.15) is 12.5 Å². The molecule has 0 saturated heterocycles. The lowest BCUT2D eigenvalue weighted by Gasteiger charge is -2.14. The number of nitro groups is 2. The zero-order valence-corrected chi connectivity index (χ0v) is 11.3. The molecule has 0 amide bonds. The number of hydrogen-bond acceptors (Lipinski definition) is 6. The Kier molecular flexibility index (Phi) is 4.33. The normalized spacial score (nSPS) is 12.2. The van der Waals surface area contributed by atoms with Crippen LogP contribution in [0.5, 0.6) is 0 Å². The summed E-state index contributed by atoms with van der Waals surface area (Å²) in [5, 5.41) is 21.5. The lowest BCUT2D eigenvalue weighted by Crippen LogP contribution is -2.31. The van der Waals surface area contributed by atoms with Crippen LogP contribution in [0.3, 0.4) is 0 Å². The third kappa shape index (κ3) is 3.25. The van der Waals surface area contributed by atoms with E-state index in [0.717, 1.165) is 6.20 Å². The molecule has 9 nitrogen and oxygen atoms in total. The summed E-state index contributed by atoms with van der Waals surface area (Å²) in [4.78, 5) is 35.2. The SMILES string of the molecule is Cn1c([N+](=O)[O-])cnc1/C=C(/C=O)CC(C)(C)[N+](=O)[O-]. The van der Waals surface area contributed by atoms with Crippen molar-refractivity contribution >= 4 is 18.2 Å². The quantitative estimate of drug-likeness (QED) is 0.336. The predicted molar refractivity (Wildman–Crippen MR) is 69.6 cm³/mol. The van der Waals surface area contributed by atoms with Crippen molar-refractivity contribution in [2.75, 3.05) is 0 Å². The number of imidazole rings is 1. The van der Waals surface area contributed by atoms with Crippen molar-refractivity contribution in [3.05, 3.63) is 37.8 Å². The summed E-state index contributed by atoms with van der Waals surface area (Å²) in [6.07, 6.45) is 2.77. The fourth-order valence-electron chi connectivity index (χ4n) is 1.57. The molecule has 0 bridgehead atoms. The first-order valence-electron chi connectivity index (χ1n) is 5.65. The van der Waals surface area contributed by atoms with Gasteiger partial charge >= 0.3 is 5.82 Å². The molecular formula is C11H14N4O5. The number of rotatable bonds is 6. The van der Waals surface area contributed by atoms with Crippen molar-refractivity contribution in [1.29, 1.82) is 0 Å². The van der Waals surface area contributed by atoms with Crippen LogP contribution < -0.4 is 0 Å². The smallest absolute Gasteiger partial charge is 0.342 e. The van der Waals surface area contributed by atoms with Crippen molar-refractivity contribution < 1.29 is 14.6 Å². The van der Waals surface area contributed by atoms with E-state index in [1.54, 1.807) is 0 Å². The molecule has 0 aliphatic carbocycles. The first kappa shape index (κ1) is 15.5. The van der Waals surface area contributed by atoms with Crippen molar-refractivity contribution in [3.63, 3.8) is 0 Å². The van der Waals surface area contributed by atoms with Gasteiger partial charge in [-0.25, -0.2) is 9.55 Å². The van der Waals surface area contributed by atoms with Crippen LogP contribution in [0.2, 0.25) is 0 Å². The molecule has 0 aromatic carbocycles. The fraction of sp³-hybridized carbons (Fsp3) is 0.455. The molecule has 0 N–H and O–H groups in total. The second kappa shape index (κ2) is 5.59. The molecule has 0 unspecified atom stereocenters. The molecule has 1 aromatic heterocycles. The van der Waals surface area contributed by atoms with Gasteiger partial charge < -0.3 is 10.1 Å². The highest BCUT2D eigenvalue weighted by molar-refractivity contribution is 5.81. The summed E-state index contributed by atoms with van der Waals surface area (Å²) in [5.41, 5.74) is -1.15. The predicted octanol–water partition coefficient (Wildman–Crippen LogP) is 1.36. The molecule has 0 atom stereocenters. The van der Waals surface area contributed by atoms with Gasteiger partial charge in [0.15, 0.2) is 0 Å². The number of aromatic nitrogens is 2.